The first-order valence-corrected chi connectivity index (χ1v) is 20.0. The summed E-state index contributed by atoms with van der Waals surface area (Å²) in [4.78, 5) is 16.0. The molecule has 3 nitrogen and oxygen atoms in total. The fourth-order valence-corrected chi connectivity index (χ4v) is 9.93. The van der Waals surface area contributed by atoms with Crippen molar-refractivity contribution in [3.05, 3.63) is 229 Å². The Morgan fingerprint density at radius 1 is 0.509 bits per heavy atom. The maximum Gasteiger partial charge on any atom is 0.165 e. The van der Waals surface area contributed by atoms with E-state index in [9.17, 15) is 0 Å². The molecule has 0 bridgehead atoms. The monoisotopic (exact) mass is 747 g/mol. The van der Waals surface area contributed by atoms with Crippen molar-refractivity contribution in [2.24, 2.45) is 0 Å². The van der Waals surface area contributed by atoms with Crippen LogP contribution in [0.5, 0.6) is 0 Å². The van der Waals surface area contributed by atoms with Crippen LogP contribution in [0.25, 0.3) is 71.0 Å². The van der Waals surface area contributed by atoms with E-state index in [0.29, 0.717) is 17.5 Å². The van der Waals surface area contributed by atoms with Crippen LogP contribution in [0.4, 0.5) is 0 Å². The Balaban J connectivity index is 1.25. The van der Waals surface area contributed by atoms with Crippen LogP contribution in [-0.2, 0) is 5.41 Å². The minimum atomic E-state index is -0.546. The van der Waals surface area contributed by atoms with Crippen molar-refractivity contribution in [2.75, 3.05) is 0 Å². The summed E-state index contributed by atoms with van der Waals surface area (Å²) >= 11 is 1.79. The number of allylic oxidation sites excluding steroid dienone is 5. The molecule has 0 N–H and O–H groups in total. The van der Waals surface area contributed by atoms with E-state index in [1.54, 1.807) is 11.3 Å². The molecule has 0 fully saturated rings. The molecule has 0 atom stereocenters. The molecule has 1 aliphatic rings. The lowest BCUT2D eigenvalue weighted by atomic mass is 9.67. The van der Waals surface area contributed by atoms with E-state index in [2.05, 4.69) is 189 Å². The number of benzene rings is 7. The van der Waals surface area contributed by atoms with Crippen LogP contribution in [0.3, 0.4) is 0 Å². The van der Waals surface area contributed by atoms with Crippen LogP contribution in [0, 0.1) is 0 Å². The predicted octanol–water partition coefficient (Wildman–Crippen LogP) is 13.8. The number of aromatic nitrogens is 3. The molecule has 0 saturated heterocycles. The Labute approximate surface area is 336 Å². The standard InChI is InChI=1S/C53H37N3S/c1-3-4-25-40-35(2)53(38-21-10-6-11-22-38,39-23-12-7-13-24-39)47-34-37(32-33-42(40)47)50-54-51(45-28-15-14-26-41(45)36-19-8-5-9-20-36)56-52(55-50)46-30-18-29-44-43-27-16-17-31-48(43)57-49(44)46/h3-34H,1H2,2H3/b25-4-. The average Bonchev–Trinajstić information content (AvgIpc) is 3.78. The lowest BCUT2D eigenvalue weighted by Gasteiger charge is -2.34. The minimum absolute atomic E-state index is 0.546. The molecule has 0 spiro atoms. The topological polar surface area (TPSA) is 38.7 Å². The van der Waals surface area contributed by atoms with Gasteiger partial charge in [0, 0.05) is 36.9 Å². The number of hydrogen-bond acceptors (Lipinski definition) is 4. The van der Waals surface area contributed by atoms with Crippen molar-refractivity contribution in [1.82, 2.24) is 15.0 Å². The van der Waals surface area contributed by atoms with Gasteiger partial charge >= 0.3 is 0 Å². The second-order valence-corrected chi connectivity index (χ2v) is 15.4. The van der Waals surface area contributed by atoms with Crippen molar-refractivity contribution < 1.29 is 0 Å². The zero-order chi connectivity index (χ0) is 38.3. The highest BCUT2D eigenvalue weighted by molar-refractivity contribution is 7.26. The first-order chi connectivity index (χ1) is 28.1. The summed E-state index contributed by atoms with van der Waals surface area (Å²) < 4.78 is 2.41. The van der Waals surface area contributed by atoms with Crippen molar-refractivity contribution in [2.45, 2.75) is 12.3 Å². The quantitative estimate of drug-likeness (QED) is 0.145. The van der Waals surface area contributed by atoms with Gasteiger partial charge in [0.15, 0.2) is 17.5 Å². The van der Waals surface area contributed by atoms with Gasteiger partial charge in [-0.15, -0.1) is 11.3 Å². The Kier molecular flexibility index (Phi) is 8.62. The molecule has 0 saturated carbocycles. The summed E-state index contributed by atoms with van der Waals surface area (Å²) in [6.45, 7) is 6.27. The fraction of sp³-hybridized carbons (Fsp3) is 0.0377. The third kappa shape index (κ3) is 5.68. The fourth-order valence-electron chi connectivity index (χ4n) is 8.72. The van der Waals surface area contributed by atoms with Gasteiger partial charge in [-0.1, -0.05) is 183 Å². The molecule has 0 amide bonds. The number of nitrogens with zero attached hydrogens (tertiary/aromatic N) is 3. The maximum atomic E-state index is 5.37. The summed E-state index contributed by atoms with van der Waals surface area (Å²) in [7, 11) is 0. The van der Waals surface area contributed by atoms with Gasteiger partial charge in [-0.2, -0.15) is 0 Å². The smallest absolute Gasteiger partial charge is 0.165 e. The van der Waals surface area contributed by atoms with Gasteiger partial charge < -0.3 is 0 Å². The molecule has 0 radical (unpaired) electrons. The Bertz CT molecular complexity index is 2990. The highest BCUT2D eigenvalue weighted by Gasteiger charge is 2.45. The third-order valence-corrected chi connectivity index (χ3v) is 12.5. The van der Waals surface area contributed by atoms with Crippen molar-refractivity contribution in [3.63, 3.8) is 0 Å². The summed E-state index contributed by atoms with van der Waals surface area (Å²) in [5.41, 5.74) is 11.7. The van der Waals surface area contributed by atoms with Crippen LogP contribution in [0.1, 0.15) is 29.2 Å². The molecule has 270 valence electrons. The van der Waals surface area contributed by atoms with Crippen LogP contribution < -0.4 is 0 Å². The van der Waals surface area contributed by atoms with E-state index in [0.717, 1.165) is 32.5 Å². The lowest BCUT2D eigenvalue weighted by Crippen LogP contribution is -2.29. The number of fused-ring (bicyclic) bond motifs is 4. The van der Waals surface area contributed by atoms with Gasteiger partial charge in [0.25, 0.3) is 0 Å². The molecule has 57 heavy (non-hydrogen) atoms. The highest BCUT2D eigenvalue weighted by atomic mass is 32.1. The second kappa shape index (κ2) is 14.2. The van der Waals surface area contributed by atoms with Crippen LogP contribution in [0.2, 0.25) is 0 Å². The number of hydrogen-bond donors (Lipinski definition) is 0. The van der Waals surface area contributed by atoms with E-state index in [1.165, 1.54) is 48.9 Å². The highest BCUT2D eigenvalue weighted by Crippen LogP contribution is 2.55. The van der Waals surface area contributed by atoms with Crippen molar-refractivity contribution >= 4 is 37.1 Å². The van der Waals surface area contributed by atoms with E-state index in [-0.39, 0.29) is 0 Å². The molecular weight excluding hydrogens is 711 g/mol. The SMILES string of the molecule is C=C/C=C\C1=C(C)C(c2ccccc2)(c2ccccc2)c2cc(-c3nc(-c4ccccc4-c4ccccc4)nc(-c4cccc5c4sc4ccccc45)n3)ccc21. The van der Waals surface area contributed by atoms with E-state index in [4.69, 9.17) is 15.0 Å². The van der Waals surface area contributed by atoms with Crippen molar-refractivity contribution in [1.29, 1.82) is 0 Å². The zero-order valence-corrected chi connectivity index (χ0v) is 32.2. The molecule has 7 aromatic carbocycles. The molecule has 10 rings (SSSR count). The molecular formula is C53H37N3S. The number of rotatable bonds is 8. The van der Waals surface area contributed by atoms with Crippen LogP contribution >= 0.6 is 11.3 Å². The lowest BCUT2D eigenvalue weighted by molar-refractivity contribution is 0.743. The normalized spacial score (nSPS) is 13.4. The Morgan fingerprint density at radius 2 is 1.09 bits per heavy atom. The molecule has 9 aromatic rings. The van der Waals surface area contributed by atoms with E-state index >= 15 is 0 Å². The number of thiophene rings is 1. The second-order valence-electron chi connectivity index (χ2n) is 14.4. The van der Waals surface area contributed by atoms with E-state index < -0.39 is 5.41 Å². The molecule has 0 aliphatic heterocycles. The minimum Gasteiger partial charge on any atom is -0.208 e. The van der Waals surface area contributed by atoms with Crippen LogP contribution in [0.15, 0.2) is 206 Å². The van der Waals surface area contributed by atoms with Gasteiger partial charge in [-0.25, -0.2) is 15.0 Å². The Hall–Kier alpha value is -7.01. The van der Waals surface area contributed by atoms with Gasteiger partial charge in [-0.05, 0) is 69.6 Å². The maximum absolute atomic E-state index is 5.37. The van der Waals surface area contributed by atoms with E-state index in [1.807, 2.05) is 18.2 Å². The van der Waals surface area contributed by atoms with Crippen molar-refractivity contribution in [3.8, 4) is 45.3 Å². The van der Waals surface area contributed by atoms with Gasteiger partial charge in [0.1, 0.15) is 0 Å². The molecule has 2 heterocycles. The van der Waals surface area contributed by atoms with Gasteiger partial charge in [0.05, 0.1) is 5.41 Å². The van der Waals surface area contributed by atoms with Gasteiger partial charge in [-0.3, -0.25) is 0 Å². The summed E-state index contributed by atoms with van der Waals surface area (Å²) in [6, 6.07) is 62.4. The molecule has 2 aromatic heterocycles. The summed E-state index contributed by atoms with van der Waals surface area (Å²) in [5, 5.41) is 2.44. The molecule has 0 unspecified atom stereocenters. The molecule has 4 heteroatoms. The Morgan fingerprint density at radius 3 is 1.81 bits per heavy atom. The average molecular weight is 748 g/mol. The zero-order valence-electron chi connectivity index (χ0n) is 31.4. The first kappa shape index (κ1) is 34.5. The van der Waals surface area contributed by atoms with Crippen LogP contribution in [-0.4, -0.2) is 15.0 Å². The summed E-state index contributed by atoms with van der Waals surface area (Å²) in [5.74, 6) is 1.91. The largest absolute Gasteiger partial charge is 0.208 e. The van der Waals surface area contributed by atoms with Gasteiger partial charge in [0.2, 0.25) is 0 Å². The molecule has 1 aliphatic carbocycles. The predicted molar refractivity (Wildman–Crippen MR) is 239 cm³/mol. The first-order valence-electron chi connectivity index (χ1n) is 19.2. The third-order valence-electron chi connectivity index (χ3n) is 11.3. The summed E-state index contributed by atoms with van der Waals surface area (Å²) in [6.07, 6.45) is 6.07.